The molecule has 0 aromatic carbocycles. The number of azide groups is 1. The average molecular weight is 208 g/mol. The molecule has 0 fully saturated rings. The first-order chi connectivity index (χ1) is 4.72. The maximum absolute atomic E-state index is 10.4. The molecule has 0 saturated carbocycles. The molecule has 7 heteroatoms. The number of nitrogens with two attached hydrogens (primary N) is 1. The number of hydrogen-bond donors (Lipinski definition) is 2. The van der Waals surface area contributed by atoms with Gasteiger partial charge < -0.3 is 0 Å². The molecule has 56 valence electrons. The summed E-state index contributed by atoms with van der Waals surface area (Å²) < 4.78 is 0. The van der Waals surface area contributed by atoms with Gasteiger partial charge in [0.15, 0.2) is 0 Å². The zero-order chi connectivity index (χ0) is 7.98. The van der Waals surface area contributed by atoms with Crippen molar-refractivity contribution < 1.29 is 4.79 Å². The van der Waals surface area contributed by atoms with Gasteiger partial charge in [-0.3, -0.25) is 0 Å². The van der Waals surface area contributed by atoms with Crippen LogP contribution in [0, 0.1) is 0 Å². The van der Waals surface area contributed by atoms with Crippen LogP contribution in [-0.2, 0) is 4.79 Å². The van der Waals surface area contributed by atoms with Gasteiger partial charge in [0.25, 0.3) is 0 Å². The van der Waals surface area contributed by atoms with Gasteiger partial charge in [0.1, 0.15) is 0 Å². The summed E-state index contributed by atoms with van der Waals surface area (Å²) in [7, 11) is 0. The Balaban J connectivity index is 3.82. The Kier molecular flexibility index (Phi) is 4.49. The quantitative estimate of drug-likeness (QED) is 0.203. The number of rotatable bonds is 4. The van der Waals surface area contributed by atoms with Crippen molar-refractivity contribution in [3.63, 3.8) is 0 Å². The Hall–Kier alpha value is -0.901. The Morgan fingerprint density at radius 2 is 2.60 bits per heavy atom. The molecule has 10 heavy (non-hydrogen) atoms. The fraction of sp³-hybridized carbons (Fsp3) is 0.667. The van der Waals surface area contributed by atoms with Gasteiger partial charge in [0.05, 0.1) is 0 Å². The van der Waals surface area contributed by atoms with Gasteiger partial charge in [-0.05, 0) is 0 Å². The van der Waals surface area contributed by atoms with Crippen LogP contribution in [0.2, 0.25) is 5.32 Å². The molecule has 0 aromatic rings. The van der Waals surface area contributed by atoms with Gasteiger partial charge in [-0.1, -0.05) is 0 Å². The molecule has 1 amide bonds. The number of hydrogen-bond acceptors (Lipinski definition) is 2. The van der Waals surface area contributed by atoms with Crippen molar-refractivity contribution in [2.45, 2.75) is 11.4 Å². The van der Waals surface area contributed by atoms with Crippen LogP contribution in [-0.4, -0.2) is 28.0 Å². The SMILES string of the molecule is [N-]=[N+]=NN[C@@H](C[SeH])C(N)=O. The molecule has 0 aliphatic heterocycles. The van der Waals surface area contributed by atoms with E-state index in [1.54, 1.807) is 0 Å². The van der Waals surface area contributed by atoms with E-state index in [1.165, 1.54) is 0 Å². The van der Waals surface area contributed by atoms with Crippen molar-refractivity contribution in [3.05, 3.63) is 10.4 Å². The van der Waals surface area contributed by atoms with Crippen molar-refractivity contribution >= 4 is 21.9 Å². The number of carbonyl (C=O) groups excluding carboxylic acids is 1. The number of amides is 1. The minimum absolute atomic E-state index is 0.446. The first kappa shape index (κ1) is 9.10. The van der Waals surface area contributed by atoms with E-state index in [1.807, 2.05) is 0 Å². The molecule has 0 rings (SSSR count). The van der Waals surface area contributed by atoms with Crippen LogP contribution in [0.5, 0.6) is 0 Å². The first-order valence-corrected chi connectivity index (χ1v) is 3.75. The minimum atomic E-state index is -0.587. The van der Waals surface area contributed by atoms with Gasteiger partial charge in [-0.2, -0.15) is 0 Å². The van der Waals surface area contributed by atoms with Crippen molar-refractivity contribution in [1.82, 2.24) is 5.43 Å². The van der Waals surface area contributed by atoms with E-state index in [9.17, 15) is 4.79 Å². The Morgan fingerprint density at radius 1 is 2.00 bits per heavy atom. The number of primary amides is 1. The summed E-state index contributed by atoms with van der Waals surface area (Å²) in [5.74, 6) is -0.534. The second kappa shape index (κ2) is 4.93. The molecule has 0 heterocycles. The summed E-state index contributed by atoms with van der Waals surface area (Å²) in [6, 6.07) is -0.587. The molecule has 0 unspecified atom stereocenters. The van der Waals surface area contributed by atoms with Crippen molar-refractivity contribution in [3.8, 4) is 0 Å². The molecule has 0 saturated heterocycles. The molecule has 0 aromatic heterocycles. The van der Waals surface area contributed by atoms with Crippen molar-refractivity contribution in [2.75, 3.05) is 0 Å². The van der Waals surface area contributed by atoms with Crippen LogP contribution < -0.4 is 11.2 Å². The summed E-state index contributed by atoms with van der Waals surface area (Å²) in [4.78, 5) is 12.8. The van der Waals surface area contributed by atoms with E-state index < -0.39 is 11.9 Å². The standard InChI is InChI=1S/C3H7N5OSe/c4-3(9)2(1-10)6-8-7-5/h2,6,10H,1H2,(H2,4,9)/t2-/m0/s1. The van der Waals surface area contributed by atoms with E-state index in [0.717, 1.165) is 0 Å². The average Bonchev–Trinajstić information content (AvgIpc) is 1.89. The first-order valence-electron chi connectivity index (χ1n) is 2.42. The molecule has 0 radical (unpaired) electrons. The predicted molar refractivity (Wildman–Crippen MR) is 37.2 cm³/mol. The monoisotopic (exact) mass is 209 g/mol. The van der Waals surface area contributed by atoms with Crippen LogP contribution in [0.3, 0.4) is 0 Å². The van der Waals surface area contributed by atoms with Crippen LogP contribution in [0.25, 0.3) is 10.4 Å². The van der Waals surface area contributed by atoms with Crippen molar-refractivity contribution in [2.24, 2.45) is 11.0 Å². The van der Waals surface area contributed by atoms with Gasteiger partial charge >= 0.3 is 64.9 Å². The van der Waals surface area contributed by atoms with E-state index in [0.29, 0.717) is 5.32 Å². The molecule has 3 N–H and O–H groups in total. The van der Waals surface area contributed by atoms with Gasteiger partial charge in [0, 0.05) is 0 Å². The third-order valence-corrected chi connectivity index (χ3v) is 1.55. The van der Waals surface area contributed by atoms with Crippen molar-refractivity contribution in [1.29, 1.82) is 0 Å². The second-order valence-corrected chi connectivity index (χ2v) is 2.22. The van der Waals surface area contributed by atoms with Crippen LogP contribution in [0.1, 0.15) is 0 Å². The normalized spacial score (nSPS) is 11.3. The molecule has 1 atom stereocenters. The Morgan fingerprint density at radius 3 is 2.90 bits per heavy atom. The topological polar surface area (TPSA) is 104 Å². The zero-order valence-corrected chi connectivity index (χ0v) is 6.94. The van der Waals surface area contributed by atoms with E-state index in [2.05, 4.69) is 31.6 Å². The summed E-state index contributed by atoms with van der Waals surface area (Å²) in [5, 5.41) is 3.43. The summed E-state index contributed by atoms with van der Waals surface area (Å²) >= 11 is 2.17. The summed E-state index contributed by atoms with van der Waals surface area (Å²) in [5.41, 5.74) is 15.0. The number of carbonyl (C=O) groups is 1. The molecule has 0 bridgehead atoms. The maximum atomic E-state index is 10.4. The Bertz CT molecular complexity index is 164. The zero-order valence-electron chi connectivity index (χ0n) is 5.06. The fourth-order valence-corrected chi connectivity index (χ4v) is 0.839. The molecule has 0 aliphatic rings. The molecular formula is C3H7N5OSe. The molecule has 0 aliphatic carbocycles. The Labute approximate surface area is 65.6 Å². The van der Waals surface area contributed by atoms with Crippen LogP contribution in [0.4, 0.5) is 0 Å². The third kappa shape index (κ3) is 3.19. The van der Waals surface area contributed by atoms with E-state index in [4.69, 9.17) is 11.3 Å². The third-order valence-electron chi connectivity index (χ3n) is 0.784. The summed E-state index contributed by atoms with van der Waals surface area (Å²) in [6.07, 6.45) is 0. The van der Waals surface area contributed by atoms with E-state index >= 15 is 0 Å². The van der Waals surface area contributed by atoms with Gasteiger partial charge in [-0.25, -0.2) is 0 Å². The van der Waals surface area contributed by atoms with Crippen LogP contribution in [0.15, 0.2) is 5.22 Å². The summed E-state index contributed by atoms with van der Waals surface area (Å²) in [6.45, 7) is 0. The molecular weight excluding hydrogens is 201 g/mol. The number of nitrogens with one attached hydrogen (secondary N) is 1. The van der Waals surface area contributed by atoms with E-state index in [-0.39, 0.29) is 0 Å². The van der Waals surface area contributed by atoms with Gasteiger partial charge in [-0.15, -0.1) is 0 Å². The van der Waals surface area contributed by atoms with Gasteiger partial charge in [0.2, 0.25) is 0 Å². The second-order valence-electron chi connectivity index (χ2n) is 1.46. The molecule has 6 nitrogen and oxygen atoms in total. The predicted octanol–water partition coefficient (Wildman–Crippen LogP) is -1.03. The van der Waals surface area contributed by atoms with Crippen LogP contribution >= 0.6 is 0 Å². The molecule has 0 spiro atoms. The number of nitrogens with zero attached hydrogens (tertiary/aromatic N) is 3. The fourth-order valence-electron chi connectivity index (χ4n) is 0.290.